The fourth-order valence-corrected chi connectivity index (χ4v) is 9.52. The minimum Gasteiger partial charge on any atom is -0.310 e. The van der Waals surface area contributed by atoms with Crippen LogP contribution in [0.4, 0.5) is 17.1 Å². The van der Waals surface area contributed by atoms with Gasteiger partial charge in [-0.3, -0.25) is 0 Å². The Morgan fingerprint density at radius 2 is 0.947 bits per heavy atom. The van der Waals surface area contributed by atoms with Crippen LogP contribution in [0.1, 0.15) is 25.0 Å². The van der Waals surface area contributed by atoms with Crippen LogP contribution in [0.25, 0.3) is 71.6 Å². The third-order valence-corrected chi connectivity index (χ3v) is 12.2. The minimum absolute atomic E-state index is 0.170. The lowest BCUT2D eigenvalue weighted by molar-refractivity contribution is 0.661. The number of nitrogens with zero attached hydrogens (tertiary/aromatic N) is 2. The van der Waals surface area contributed by atoms with E-state index in [9.17, 15) is 0 Å². The Kier molecular flexibility index (Phi) is 7.55. The van der Waals surface area contributed by atoms with Gasteiger partial charge in [0.2, 0.25) is 0 Å². The van der Waals surface area contributed by atoms with Crippen LogP contribution in [0.5, 0.6) is 0 Å². The van der Waals surface area contributed by atoms with Gasteiger partial charge in [0, 0.05) is 33.2 Å². The molecule has 0 saturated carbocycles. The lowest BCUT2D eigenvalue weighted by Crippen LogP contribution is -2.20. The zero-order valence-electron chi connectivity index (χ0n) is 32.0. The normalized spacial score (nSPS) is 12.9. The van der Waals surface area contributed by atoms with Gasteiger partial charge in [0.15, 0.2) is 0 Å². The van der Waals surface area contributed by atoms with Gasteiger partial charge in [-0.2, -0.15) is 0 Å². The van der Waals surface area contributed by atoms with Crippen molar-refractivity contribution in [3.05, 3.63) is 217 Å². The number of aromatic nitrogens is 1. The van der Waals surface area contributed by atoms with Crippen LogP contribution in [-0.2, 0) is 5.41 Å². The van der Waals surface area contributed by atoms with Crippen molar-refractivity contribution in [2.24, 2.45) is 0 Å². The molecule has 270 valence electrons. The molecular formula is C55H40N2. The molecule has 0 atom stereocenters. The van der Waals surface area contributed by atoms with E-state index < -0.39 is 0 Å². The monoisotopic (exact) mass is 728 g/mol. The molecule has 0 bridgehead atoms. The first kappa shape index (κ1) is 33.2. The molecule has 0 aliphatic heterocycles. The van der Waals surface area contributed by atoms with Crippen LogP contribution in [-0.4, -0.2) is 4.57 Å². The molecular weight excluding hydrogens is 689 g/mol. The van der Waals surface area contributed by atoms with Crippen molar-refractivity contribution < 1.29 is 0 Å². The van der Waals surface area contributed by atoms with Crippen molar-refractivity contribution in [2.75, 3.05) is 4.90 Å². The highest BCUT2D eigenvalue weighted by molar-refractivity contribution is 6.10. The smallest absolute Gasteiger partial charge is 0.0541 e. The summed E-state index contributed by atoms with van der Waals surface area (Å²) in [5.74, 6) is 0. The highest BCUT2D eigenvalue weighted by Gasteiger charge is 2.38. The molecule has 0 saturated heterocycles. The maximum Gasteiger partial charge on any atom is 0.0541 e. The Hall–Kier alpha value is -7.16. The van der Waals surface area contributed by atoms with Gasteiger partial charge in [-0.15, -0.1) is 0 Å². The summed E-state index contributed by atoms with van der Waals surface area (Å²) in [4.78, 5) is 2.46. The lowest BCUT2D eigenvalue weighted by Gasteiger charge is -2.32. The molecule has 0 unspecified atom stereocenters. The molecule has 0 amide bonds. The summed E-state index contributed by atoms with van der Waals surface area (Å²) in [6.45, 7) is 4.74. The first-order valence-electron chi connectivity index (χ1n) is 19.9. The summed E-state index contributed by atoms with van der Waals surface area (Å²) in [7, 11) is 0. The SMILES string of the molecule is CC1(C)c2ccccc2-c2cccc(N(c3ccc(-c4ccccc4)cc3)c3ccc(-c4cc(-n5c6ccccc6c6ccccc65)cc5ccccc45)cc3)c21. The van der Waals surface area contributed by atoms with Crippen molar-refractivity contribution in [1.29, 1.82) is 0 Å². The molecule has 0 N–H and O–H groups in total. The molecule has 1 aromatic heterocycles. The predicted molar refractivity (Wildman–Crippen MR) is 241 cm³/mol. The van der Waals surface area contributed by atoms with E-state index >= 15 is 0 Å². The molecule has 9 aromatic carbocycles. The molecule has 10 aromatic rings. The number of anilines is 3. The lowest BCUT2D eigenvalue weighted by atomic mass is 9.81. The van der Waals surface area contributed by atoms with Crippen LogP contribution in [0, 0.1) is 0 Å². The van der Waals surface area contributed by atoms with E-state index in [4.69, 9.17) is 0 Å². The van der Waals surface area contributed by atoms with Gasteiger partial charge in [-0.05, 0) is 110 Å². The average Bonchev–Trinajstić information content (AvgIpc) is 3.73. The second-order valence-corrected chi connectivity index (χ2v) is 15.7. The van der Waals surface area contributed by atoms with Crippen molar-refractivity contribution >= 4 is 49.6 Å². The van der Waals surface area contributed by atoms with E-state index in [-0.39, 0.29) is 5.41 Å². The zero-order chi connectivity index (χ0) is 38.1. The highest BCUT2D eigenvalue weighted by atomic mass is 15.1. The topological polar surface area (TPSA) is 8.17 Å². The van der Waals surface area contributed by atoms with Crippen LogP contribution >= 0.6 is 0 Å². The quantitative estimate of drug-likeness (QED) is 0.165. The van der Waals surface area contributed by atoms with Gasteiger partial charge in [0.1, 0.15) is 0 Å². The van der Waals surface area contributed by atoms with Crippen molar-refractivity contribution in [1.82, 2.24) is 4.57 Å². The number of hydrogen-bond acceptors (Lipinski definition) is 1. The number of benzene rings is 9. The Morgan fingerprint density at radius 1 is 0.404 bits per heavy atom. The van der Waals surface area contributed by atoms with Crippen LogP contribution in [0.15, 0.2) is 206 Å². The maximum absolute atomic E-state index is 2.46. The van der Waals surface area contributed by atoms with Gasteiger partial charge >= 0.3 is 0 Å². The third kappa shape index (κ3) is 5.25. The number of hydrogen-bond donors (Lipinski definition) is 0. The molecule has 1 aliphatic rings. The second-order valence-electron chi connectivity index (χ2n) is 15.7. The van der Waals surface area contributed by atoms with Gasteiger partial charge in [-0.25, -0.2) is 0 Å². The standard InChI is InChI=1S/C55H40N2/c1-55(2)50-23-11-8-19-45(50)48-22-14-26-53(54(48)55)56(41-31-27-38(28-32-41)37-15-4-3-5-16-37)42-33-29-39(30-34-42)49-36-43(35-40-17-6-7-18-44(40)49)57-51-24-12-9-20-46(51)47-21-10-13-25-52(47)57/h3-36H,1-2H3. The van der Waals surface area contributed by atoms with Crippen molar-refractivity contribution in [3.8, 4) is 39.1 Å². The Balaban J connectivity index is 1.08. The van der Waals surface area contributed by atoms with Crippen LogP contribution < -0.4 is 4.90 Å². The van der Waals surface area contributed by atoms with E-state index in [1.165, 1.54) is 82.8 Å². The molecule has 2 nitrogen and oxygen atoms in total. The Bertz CT molecular complexity index is 3080. The van der Waals surface area contributed by atoms with E-state index in [1.807, 2.05) is 0 Å². The van der Waals surface area contributed by atoms with Crippen molar-refractivity contribution in [2.45, 2.75) is 19.3 Å². The summed E-state index contributed by atoms with van der Waals surface area (Å²) in [5, 5.41) is 4.99. The number of fused-ring (bicyclic) bond motifs is 7. The third-order valence-electron chi connectivity index (χ3n) is 12.2. The molecule has 0 fully saturated rings. The van der Waals surface area contributed by atoms with Gasteiger partial charge < -0.3 is 9.47 Å². The Morgan fingerprint density at radius 3 is 1.65 bits per heavy atom. The minimum atomic E-state index is -0.170. The summed E-state index contributed by atoms with van der Waals surface area (Å²) >= 11 is 0. The summed E-state index contributed by atoms with van der Waals surface area (Å²) < 4.78 is 2.42. The van der Waals surface area contributed by atoms with E-state index in [2.05, 4.69) is 230 Å². The number of rotatable bonds is 6. The summed E-state index contributed by atoms with van der Waals surface area (Å²) in [5.41, 5.74) is 17.0. The van der Waals surface area contributed by atoms with E-state index in [0.717, 1.165) is 17.1 Å². The van der Waals surface area contributed by atoms with Gasteiger partial charge in [-0.1, -0.05) is 166 Å². The molecule has 2 heteroatoms. The van der Waals surface area contributed by atoms with E-state index in [1.54, 1.807) is 0 Å². The molecule has 1 heterocycles. The molecule has 11 rings (SSSR count). The zero-order valence-corrected chi connectivity index (χ0v) is 32.0. The highest BCUT2D eigenvalue weighted by Crippen LogP contribution is 2.54. The summed E-state index contributed by atoms with van der Waals surface area (Å²) in [6, 6.07) is 75.6. The van der Waals surface area contributed by atoms with Crippen LogP contribution in [0.3, 0.4) is 0 Å². The average molecular weight is 729 g/mol. The second kappa shape index (κ2) is 13.0. The van der Waals surface area contributed by atoms with Gasteiger partial charge in [0.05, 0.1) is 16.7 Å². The first-order chi connectivity index (χ1) is 28.0. The fourth-order valence-electron chi connectivity index (χ4n) is 9.52. The molecule has 1 aliphatic carbocycles. The Labute approximate surface area is 333 Å². The first-order valence-corrected chi connectivity index (χ1v) is 19.9. The van der Waals surface area contributed by atoms with Crippen LogP contribution in [0.2, 0.25) is 0 Å². The van der Waals surface area contributed by atoms with Crippen molar-refractivity contribution in [3.63, 3.8) is 0 Å². The predicted octanol–water partition coefficient (Wildman–Crippen LogP) is 15.0. The van der Waals surface area contributed by atoms with Gasteiger partial charge in [0.25, 0.3) is 0 Å². The largest absolute Gasteiger partial charge is 0.310 e. The number of para-hydroxylation sites is 2. The molecule has 0 radical (unpaired) electrons. The maximum atomic E-state index is 2.46. The summed E-state index contributed by atoms with van der Waals surface area (Å²) in [6.07, 6.45) is 0. The molecule has 0 spiro atoms. The molecule has 57 heavy (non-hydrogen) atoms. The fraction of sp³-hybridized carbons (Fsp3) is 0.0545. The van der Waals surface area contributed by atoms with E-state index in [0.29, 0.717) is 0 Å².